The van der Waals surface area contributed by atoms with E-state index in [1.165, 1.54) is 0 Å². The number of carbonyl (C=O) groups is 2. The van der Waals surface area contributed by atoms with Crippen molar-refractivity contribution in [3.8, 4) is 0 Å². The summed E-state index contributed by atoms with van der Waals surface area (Å²) in [5.41, 5.74) is 6.26. The van der Waals surface area contributed by atoms with Gasteiger partial charge in [0.15, 0.2) is 0 Å². The Morgan fingerprint density at radius 1 is 1.38 bits per heavy atom. The van der Waals surface area contributed by atoms with E-state index in [0.717, 1.165) is 37.9 Å². The minimum atomic E-state index is -0.249. The van der Waals surface area contributed by atoms with Gasteiger partial charge in [0.05, 0.1) is 6.04 Å². The van der Waals surface area contributed by atoms with Crippen molar-refractivity contribution in [2.45, 2.75) is 45.2 Å². The highest BCUT2D eigenvalue weighted by atomic mass is 35.5. The lowest BCUT2D eigenvalue weighted by Crippen LogP contribution is -2.49. The van der Waals surface area contributed by atoms with Crippen LogP contribution in [0, 0.1) is 5.92 Å². The lowest BCUT2D eigenvalue weighted by Gasteiger charge is -2.36. The molecule has 1 heterocycles. The zero-order valence-electron chi connectivity index (χ0n) is 14.1. The van der Waals surface area contributed by atoms with Gasteiger partial charge in [0.25, 0.3) is 0 Å². The number of likely N-dealkylation sites (tertiary alicyclic amines) is 1. The first-order valence-electron chi connectivity index (χ1n) is 8.50. The molecule has 0 saturated carbocycles. The number of nitrogens with zero attached hydrogens (tertiary/aromatic N) is 1. The van der Waals surface area contributed by atoms with Crippen LogP contribution in [-0.2, 0) is 16.1 Å². The Kier molecular flexibility index (Phi) is 7.06. The lowest BCUT2D eigenvalue weighted by atomic mass is 9.92. The van der Waals surface area contributed by atoms with Crippen molar-refractivity contribution >= 4 is 23.4 Å². The fourth-order valence-corrected chi connectivity index (χ4v) is 3.26. The molecule has 3 N–H and O–H groups in total. The Labute approximate surface area is 148 Å². The molecule has 0 bridgehead atoms. The van der Waals surface area contributed by atoms with Crippen molar-refractivity contribution in [2.75, 3.05) is 13.1 Å². The maximum Gasteiger partial charge on any atom is 0.237 e. The minimum Gasteiger partial charge on any atom is -0.370 e. The second-order valence-corrected chi connectivity index (χ2v) is 6.96. The van der Waals surface area contributed by atoms with Gasteiger partial charge in [0.2, 0.25) is 11.8 Å². The maximum atomic E-state index is 12.4. The van der Waals surface area contributed by atoms with E-state index < -0.39 is 0 Å². The first-order chi connectivity index (χ1) is 11.5. The Morgan fingerprint density at radius 2 is 2.08 bits per heavy atom. The quantitative estimate of drug-likeness (QED) is 0.791. The third-order valence-corrected chi connectivity index (χ3v) is 4.91. The summed E-state index contributed by atoms with van der Waals surface area (Å²) in [4.78, 5) is 25.5. The molecule has 1 saturated heterocycles. The van der Waals surface area contributed by atoms with Gasteiger partial charge in [-0.2, -0.15) is 0 Å². The Balaban J connectivity index is 1.80. The van der Waals surface area contributed by atoms with Crippen LogP contribution in [0.25, 0.3) is 0 Å². The molecule has 2 atom stereocenters. The molecule has 1 aromatic rings. The number of benzene rings is 1. The van der Waals surface area contributed by atoms with E-state index in [2.05, 4.69) is 10.2 Å². The van der Waals surface area contributed by atoms with E-state index in [0.29, 0.717) is 23.9 Å². The van der Waals surface area contributed by atoms with Crippen molar-refractivity contribution in [3.63, 3.8) is 0 Å². The number of rotatable bonds is 7. The number of hydrogen-bond acceptors (Lipinski definition) is 3. The molecule has 132 valence electrons. The smallest absolute Gasteiger partial charge is 0.237 e. The molecule has 0 radical (unpaired) electrons. The number of halogens is 1. The van der Waals surface area contributed by atoms with Crippen molar-refractivity contribution in [1.82, 2.24) is 10.2 Å². The van der Waals surface area contributed by atoms with Gasteiger partial charge in [-0.3, -0.25) is 14.5 Å². The normalized spacial score (nSPS) is 19.7. The molecule has 24 heavy (non-hydrogen) atoms. The Morgan fingerprint density at radius 3 is 2.75 bits per heavy atom. The van der Waals surface area contributed by atoms with Gasteiger partial charge >= 0.3 is 0 Å². The third kappa shape index (κ3) is 5.80. The van der Waals surface area contributed by atoms with Crippen LogP contribution < -0.4 is 11.1 Å². The monoisotopic (exact) mass is 351 g/mol. The van der Waals surface area contributed by atoms with E-state index in [9.17, 15) is 9.59 Å². The molecule has 0 aromatic heterocycles. The Bertz CT molecular complexity index is 562. The number of piperidine rings is 1. The highest BCUT2D eigenvalue weighted by Gasteiger charge is 2.27. The maximum absolute atomic E-state index is 12.4. The minimum absolute atomic E-state index is 0.0282. The molecule has 5 nitrogen and oxygen atoms in total. The van der Waals surface area contributed by atoms with Gasteiger partial charge in [-0.25, -0.2) is 0 Å². The van der Waals surface area contributed by atoms with Crippen molar-refractivity contribution in [3.05, 3.63) is 34.9 Å². The van der Waals surface area contributed by atoms with Crippen LogP contribution in [0.3, 0.4) is 0 Å². The summed E-state index contributed by atoms with van der Waals surface area (Å²) in [6.45, 7) is 4.21. The van der Waals surface area contributed by atoms with Crippen LogP contribution in [0.15, 0.2) is 24.3 Å². The van der Waals surface area contributed by atoms with Crippen LogP contribution in [-0.4, -0.2) is 35.8 Å². The van der Waals surface area contributed by atoms with Crippen LogP contribution in [0.5, 0.6) is 0 Å². The average Bonchev–Trinajstić information content (AvgIpc) is 2.58. The molecule has 2 unspecified atom stereocenters. The summed E-state index contributed by atoms with van der Waals surface area (Å²) in [5, 5.41) is 3.67. The standard InChI is InChI=1S/C18H26ClN3O2/c1-13(18(24)21-11-14-4-7-16(19)8-5-14)22-10-2-3-15(12-22)6-9-17(20)23/h4-5,7-8,13,15H,2-3,6,9-12H2,1H3,(H2,20,23)(H,21,24). The predicted octanol–water partition coefficient (Wildman–Crippen LogP) is 2.32. The predicted molar refractivity (Wildman–Crippen MR) is 95.5 cm³/mol. The molecule has 1 fully saturated rings. The third-order valence-electron chi connectivity index (χ3n) is 4.66. The van der Waals surface area contributed by atoms with Crippen LogP contribution in [0.4, 0.5) is 0 Å². The second kappa shape index (κ2) is 9.04. The molecule has 1 aliphatic rings. The van der Waals surface area contributed by atoms with Crippen molar-refractivity contribution in [1.29, 1.82) is 0 Å². The topological polar surface area (TPSA) is 75.4 Å². The van der Waals surface area contributed by atoms with E-state index >= 15 is 0 Å². The van der Waals surface area contributed by atoms with E-state index in [-0.39, 0.29) is 17.9 Å². The zero-order chi connectivity index (χ0) is 17.5. The highest BCUT2D eigenvalue weighted by Crippen LogP contribution is 2.22. The molecular formula is C18H26ClN3O2. The molecule has 6 heteroatoms. The van der Waals surface area contributed by atoms with Gasteiger partial charge < -0.3 is 11.1 Å². The number of primary amides is 1. The zero-order valence-corrected chi connectivity index (χ0v) is 14.9. The fourth-order valence-electron chi connectivity index (χ4n) is 3.14. The van der Waals surface area contributed by atoms with E-state index in [1.807, 2.05) is 31.2 Å². The highest BCUT2D eigenvalue weighted by molar-refractivity contribution is 6.30. The van der Waals surface area contributed by atoms with E-state index in [1.54, 1.807) is 0 Å². The molecule has 2 amide bonds. The summed E-state index contributed by atoms with van der Waals surface area (Å²) in [7, 11) is 0. The van der Waals surface area contributed by atoms with Crippen molar-refractivity contribution in [2.24, 2.45) is 11.7 Å². The van der Waals surface area contributed by atoms with Gasteiger partial charge in [-0.15, -0.1) is 0 Å². The first kappa shape index (κ1) is 18.7. The lowest BCUT2D eigenvalue weighted by molar-refractivity contribution is -0.127. The van der Waals surface area contributed by atoms with E-state index in [4.69, 9.17) is 17.3 Å². The molecule has 0 aliphatic carbocycles. The molecule has 0 spiro atoms. The SMILES string of the molecule is CC(C(=O)NCc1ccc(Cl)cc1)N1CCCC(CCC(N)=O)C1. The summed E-state index contributed by atoms with van der Waals surface area (Å²) in [5.74, 6) is 0.221. The summed E-state index contributed by atoms with van der Waals surface area (Å²) >= 11 is 5.86. The number of carbonyl (C=O) groups excluding carboxylic acids is 2. The van der Waals surface area contributed by atoms with Crippen LogP contribution in [0.2, 0.25) is 5.02 Å². The summed E-state index contributed by atoms with van der Waals surface area (Å²) < 4.78 is 0. The van der Waals surface area contributed by atoms with Gasteiger partial charge in [-0.05, 0) is 56.3 Å². The van der Waals surface area contributed by atoms with Crippen molar-refractivity contribution < 1.29 is 9.59 Å². The van der Waals surface area contributed by atoms with Crippen LogP contribution in [0.1, 0.15) is 38.2 Å². The number of nitrogens with one attached hydrogen (secondary N) is 1. The number of amides is 2. The Hall–Kier alpha value is -1.59. The molecule has 2 rings (SSSR count). The van der Waals surface area contributed by atoms with Gasteiger partial charge in [0, 0.05) is 24.5 Å². The summed E-state index contributed by atoms with van der Waals surface area (Å²) in [6.07, 6.45) is 3.39. The first-order valence-corrected chi connectivity index (χ1v) is 8.88. The van der Waals surface area contributed by atoms with Gasteiger partial charge in [0.1, 0.15) is 0 Å². The number of nitrogens with two attached hydrogens (primary N) is 1. The second-order valence-electron chi connectivity index (χ2n) is 6.53. The summed E-state index contributed by atoms with van der Waals surface area (Å²) in [6, 6.07) is 7.29. The molecule has 1 aliphatic heterocycles. The molecule has 1 aromatic carbocycles. The van der Waals surface area contributed by atoms with Gasteiger partial charge in [-0.1, -0.05) is 23.7 Å². The van der Waals surface area contributed by atoms with Crippen LogP contribution >= 0.6 is 11.6 Å². The largest absolute Gasteiger partial charge is 0.370 e. The fraction of sp³-hybridized carbons (Fsp3) is 0.556. The number of hydrogen-bond donors (Lipinski definition) is 2. The average molecular weight is 352 g/mol. The molecular weight excluding hydrogens is 326 g/mol.